The van der Waals surface area contributed by atoms with Crippen LogP contribution in [0, 0.1) is 18.7 Å². The molecule has 2 heterocycles. The lowest BCUT2D eigenvalue weighted by molar-refractivity contribution is -0.228. The van der Waals surface area contributed by atoms with Crippen LogP contribution in [0.1, 0.15) is 47.2 Å². The Morgan fingerprint density at radius 1 is 0.878 bits per heavy atom. The van der Waals surface area contributed by atoms with Gasteiger partial charge in [0.2, 0.25) is 5.91 Å². The Kier molecular flexibility index (Phi) is 8.84. The quantitative estimate of drug-likeness (QED) is 0.252. The van der Waals surface area contributed by atoms with Crippen LogP contribution in [0.3, 0.4) is 0 Å². The number of hydrogen-bond acceptors (Lipinski definition) is 7. The van der Waals surface area contributed by atoms with Crippen molar-refractivity contribution >= 4 is 11.6 Å². The molecule has 5 N–H and O–H groups in total. The molecule has 1 amide bonds. The monoisotopic (exact) mass is 565 g/mol. The summed E-state index contributed by atoms with van der Waals surface area (Å²) in [5, 5.41) is 50.8. The van der Waals surface area contributed by atoms with Gasteiger partial charge in [0.05, 0.1) is 30.8 Å². The number of rotatable bonds is 9. The van der Waals surface area contributed by atoms with Gasteiger partial charge in [-0.25, -0.2) is 4.39 Å². The second-order valence-electron chi connectivity index (χ2n) is 11.1. The average molecular weight is 566 g/mol. The van der Waals surface area contributed by atoms with Crippen molar-refractivity contribution < 1.29 is 39.5 Å². The summed E-state index contributed by atoms with van der Waals surface area (Å²) in [6.07, 6.45) is -5.72. The largest absolute Gasteiger partial charge is 0.394 e. The molecule has 8 nitrogen and oxygen atoms in total. The summed E-state index contributed by atoms with van der Waals surface area (Å²) in [7, 11) is 0. The number of β-lactam (4-membered cyclic amide) rings is 1. The van der Waals surface area contributed by atoms with Gasteiger partial charge in [0.15, 0.2) is 0 Å². The zero-order valence-corrected chi connectivity index (χ0v) is 22.8. The zero-order valence-electron chi connectivity index (χ0n) is 22.8. The third-order valence-corrected chi connectivity index (χ3v) is 8.28. The van der Waals surface area contributed by atoms with Gasteiger partial charge in [0.1, 0.15) is 30.2 Å². The lowest BCUT2D eigenvalue weighted by Crippen LogP contribution is -2.59. The first-order valence-corrected chi connectivity index (χ1v) is 13.9. The Morgan fingerprint density at radius 2 is 1.51 bits per heavy atom. The van der Waals surface area contributed by atoms with Crippen LogP contribution in [-0.2, 0) is 16.0 Å². The fourth-order valence-electron chi connectivity index (χ4n) is 5.82. The average Bonchev–Trinajstić information content (AvgIpc) is 2.98. The van der Waals surface area contributed by atoms with Gasteiger partial charge in [-0.2, -0.15) is 0 Å². The third kappa shape index (κ3) is 6.06. The van der Waals surface area contributed by atoms with Gasteiger partial charge in [-0.3, -0.25) is 4.79 Å². The minimum Gasteiger partial charge on any atom is -0.394 e. The third-order valence-electron chi connectivity index (χ3n) is 8.28. The Hall–Kier alpha value is -3.18. The van der Waals surface area contributed by atoms with Crippen LogP contribution >= 0.6 is 0 Å². The summed E-state index contributed by atoms with van der Waals surface area (Å²) in [4.78, 5) is 15.2. The Bertz CT molecular complexity index is 1320. The molecule has 41 heavy (non-hydrogen) atoms. The second-order valence-corrected chi connectivity index (χ2v) is 11.1. The maximum Gasteiger partial charge on any atom is 0.233 e. The summed E-state index contributed by atoms with van der Waals surface area (Å²) >= 11 is 0. The van der Waals surface area contributed by atoms with Gasteiger partial charge in [-0.1, -0.05) is 54.1 Å². The molecule has 8 unspecified atom stereocenters. The van der Waals surface area contributed by atoms with E-state index in [1.807, 2.05) is 55.5 Å². The highest BCUT2D eigenvalue weighted by atomic mass is 19.1. The van der Waals surface area contributed by atoms with E-state index in [2.05, 4.69) is 0 Å². The lowest BCUT2D eigenvalue weighted by Gasteiger charge is -2.48. The molecule has 218 valence electrons. The predicted octanol–water partition coefficient (Wildman–Crippen LogP) is 2.74. The molecular weight excluding hydrogens is 529 g/mol. The molecular formula is C32H36FNO7. The highest BCUT2D eigenvalue weighted by Gasteiger charge is 2.48. The van der Waals surface area contributed by atoms with Gasteiger partial charge < -0.3 is 35.2 Å². The summed E-state index contributed by atoms with van der Waals surface area (Å²) in [6.45, 7) is 1.50. The van der Waals surface area contributed by atoms with Crippen molar-refractivity contribution in [2.24, 2.45) is 5.92 Å². The van der Waals surface area contributed by atoms with Crippen LogP contribution in [-0.4, -0.2) is 68.6 Å². The van der Waals surface area contributed by atoms with Gasteiger partial charge in [0, 0.05) is 12.1 Å². The normalized spacial score (nSPS) is 28.8. The maximum atomic E-state index is 13.4. The van der Waals surface area contributed by atoms with Crippen LogP contribution in [0.15, 0.2) is 72.8 Å². The molecule has 2 saturated heterocycles. The molecule has 8 atom stereocenters. The first-order valence-electron chi connectivity index (χ1n) is 13.9. The van der Waals surface area contributed by atoms with E-state index < -0.39 is 43.2 Å². The van der Waals surface area contributed by atoms with Crippen molar-refractivity contribution in [1.29, 1.82) is 0 Å². The van der Waals surface area contributed by atoms with E-state index in [1.54, 1.807) is 17.0 Å². The van der Waals surface area contributed by atoms with E-state index in [0.717, 1.165) is 22.4 Å². The molecule has 0 radical (unpaired) electrons. The second kappa shape index (κ2) is 12.4. The topological polar surface area (TPSA) is 131 Å². The molecule has 9 heteroatoms. The maximum absolute atomic E-state index is 13.4. The molecule has 2 aliphatic heterocycles. The Morgan fingerprint density at radius 3 is 2.15 bits per heavy atom. The molecule has 2 aliphatic rings. The first kappa shape index (κ1) is 29.3. The number of aliphatic hydroxyl groups is 5. The summed E-state index contributed by atoms with van der Waals surface area (Å²) in [5.41, 5.74) is 4.18. The van der Waals surface area contributed by atoms with Crippen molar-refractivity contribution in [3.63, 3.8) is 0 Å². The van der Waals surface area contributed by atoms with Crippen molar-refractivity contribution in [3.05, 3.63) is 101 Å². The van der Waals surface area contributed by atoms with Crippen molar-refractivity contribution in [2.45, 2.75) is 68.9 Å². The minimum absolute atomic E-state index is 0.0319. The van der Waals surface area contributed by atoms with E-state index in [-0.39, 0.29) is 30.1 Å². The number of anilines is 1. The Labute approximate surface area is 238 Å². The van der Waals surface area contributed by atoms with E-state index >= 15 is 0 Å². The molecule has 0 spiro atoms. The molecule has 0 aromatic heterocycles. The smallest absolute Gasteiger partial charge is 0.233 e. The van der Waals surface area contributed by atoms with Crippen molar-refractivity contribution in [3.8, 4) is 0 Å². The minimum atomic E-state index is -1.43. The summed E-state index contributed by atoms with van der Waals surface area (Å²) < 4.78 is 19.0. The number of hydrogen-bond donors (Lipinski definition) is 5. The van der Waals surface area contributed by atoms with Crippen LogP contribution in [0.4, 0.5) is 10.1 Å². The number of halogens is 1. The van der Waals surface area contributed by atoms with Gasteiger partial charge in [0.25, 0.3) is 0 Å². The van der Waals surface area contributed by atoms with Crippen molar-refractivity contribution in [1.82, 2.24) is 0 Å². The van der Waals surface area contributed by atoms with Gasteiger partial charge in [-0.15, -0.1) is 0 Å². The highest BCUT2D eigenvalue weighted by molar-refractivity contribution is 6.03. The van der Waals surface area contributed by atoms with Crippen molar-refractivity contribution in [2.75, 3.05) is 11.5 Å². The fourth-order valence-corrected chi connectivity index (χ4v) is 5.82. The number of aryl methyl sites for hydroxylation is 1. The van der Waals surface area contributed by atoms with Crippen LogP contribution < -0.4 is 4.90 Å². The Balaban J connectivity index is 1.33. The number of ether oxygens (including phenoxy) is 1. The van der Waals surface area contributed by atoms with E-state index in [0.29, 0.717) is 18.4 Å². The lowest BCUT2D eigenvalue weighted by atomic mass is 9.78. The van der Waals surface area contributed by atoms with Gasteiger partial charge >= 0.3 is 0 Å². The number of carbonyl (C=O) groups is 1. The first-order chi connectivity index (χ1) is 19.7. The number of amides is 1. The predicted molar refractivity (Wildman–Crippen MR) is 149 cm³/mol. The molecule has 3 aromatic carbocycles. The summed E-state index contributed by atoms with van der Waals surface area (Å²) in [6, 6.07) is 20.8. The van der Waals surface area contributed by atoms with E-state index in [9.17, 15) is 34.7 Å². The number of benzene rings is 3. The number of nitrogens with zero attached hydrogens (tertiary/aromatic N) is 1. The number of aliphatic hydroxyl groups excluding tert-OH is 5. The van der Waals surface area contributed by atoms with E-state index in [1.165, 1.54) is 12.1 Å². The molecule has 3 aromatic rings. The van der Waals surface area contributed by atoms with Gasteiger partial charge in [-0.05, 0) is 60.7 Å². The molecule has 0 saturated carbocycles. The molecule has 2 fully saturated rings. The van der Waals surface area contributed by atoms with Crippen LogP contribution in [0.5, 0.6) is 0 Å². The highest BCUT2D eigenvalue weighted by Crippen LogP contribution is 2.46. The fraction of sp³-hybridized carbons (Fsp3) is 0.406. The van der Waals surface area contributed by atoms with Crippen LogP contribution in [0.25, 0.3) is 0 Å². The molecule has 0 aliphatic carbocycles. The zero-order chi connectivity index (χ0) is 29.3. The standard InChI is InChI=1S/C32H36FNO7/c1-18-2-12-23(13-3-18)34-28(24(32(34)40)14-15-25(36)20-8-10-22(33)11-9-20)21-6-4-19(5-7-21)16-26-29(37)31(39)30(38)27(17-35)41-26/h2-13,24-31,35-39H,14-17H2,1H3. The number of carbonyl (C=O) groups excluding carboxylic acids is 1. The molecule has 5 rings (SSSR count). The SMILES string of the molecule is Cc1ccc(N2C(=O)C(CCC(O)c3ccc(F)cc3)C2c2ccc(CC3OC(CO)C(O)C(O)C3O)cc2)cc1. The van der Waals surface area contributed by atoms with E-state index in [4.69, 9.17) is 4.74 Å². The molecule has 0 bridgehead atoms. The van der Waals surface area contributed by atoms with Crippen LogP contribution in [0.2, 0.25) is 0 Å². The summed E-state index contributed by atoms with van der Waals surface area (Å²) in [5.74, 6) is -0.767.